The first-order valence-electron chi connectivity index (χ1n) is 6.14. The van der Waals surface area contributed by atoms with Gasteiger partial charge in [0, 0.05) is 12.1 Å². The zero-order valence-electron chi connectivity index (χ0n) is 10.9. The molecule has 1 atom stereocenters. The number of rotatable bonds is 6. The Hall–Kier alpha value is -0.730. The van der Waals surface area contributed by atoms with Crippen molar-refractivity contribution in [2.75, 3.05) is 6.61 Å². The largest absolute Gasteiger partial charge is 0.491 e. The molecule has 0 spiro atoms. The molecule has 1 unspecified atom stereocenters. The van der Waals surface area contributed by atoms with Crippen LogP contribution in [0.25, 0.3) is 0 Å². The maximum Gasteiger partial charge on any atom is 0.142 e. The summed E-state index contributed by atoms with van der Waals surface area (Å²) in [6.45, 7) is 7.77. The van der Waals surface area contributed by atoms with E-state index >= 15 is 0 Å². The summed E-state index contributed by atoms with van der Waals surface area (Å²) in [5.74, 6) is 1.96. The second kappa shape index (κ2) is 6.87. The molecular weight excluding hydrogens is 234 g/mol. The summed E-state index contributed by atoms with van der Waals surface area (Å²) in [5.41, 5.74) is 6.63. The highest BCUT2D eigenvalue weighted by molar-refractivity contribution is 6.32. The van der Waals surface area contributed by atoms with E-state index in [1.807, 2.05) is 18.2 Å². The van der Waals surface area contributed by atoms with Crippen LogP contribution in [0.2, 0.25) is 5.02 Å². The molecule has 2 N–H and O–H groups in total. The van der Waals surface area contributed by atoms with Gasteiger partial charge >= 0.3 is 0 Å². The summed E-state index contributed by atoms with van der Waals surface area (Å²) in [5, 5.41) is 0.643. The summed E-state index contributed by atoms with van der Waals surface area (Å²) >= 11 is 6.12. The van der Waals surface area contributed by atoms with Gasteiger partial charge in [-0.3, -0.25) is 0 Å². The molecule has 2 nitrogen and oxygen atoms in total. The Morgan fingerprint density at radius 2 is 2.00 bits per heavy atom. The summed E-state index contributed by atoms with van der Waals surface area (Å²) in [6.07, 6.45) is 1.16. The van der Waals surface area contributed by atoms with E-state index in [1.165, 1.54) is 0 Å². The quantitative estimate of drug-likeness (QED) is 0.838. The van der Waals surface area contributed by atoms with E-state index in [0.717, 1.165) is 17.7 Å². The molecule has 0 bridgehead atoms. The van der Waals surface area contributed by atoms with E-state index in [-0.39, 0.29) is 0 Å². The molecule has 0 aromatic heterocycles. The van der Waals surface area contributed by atoms with Crippen LogP contribution in [-0.2, 0) is 6.54 Å². The molecule has 1 aromatic carbocycles. The van der Waals surface area contributed by atoms with Gasteiger partial charge in [-0.2, -0.15) is 0 Å². The summed E-state index contributed by atoms with van der Waals surface area (Å²) in [7, 11) is 0. The molecule has 96 valence electrons. The highest BCUT2D eigenvalue weighted by Crippen LogP contribution is 2.29. The minimum absolute atomic E-state index is 0.453. The van der Waals surface area contributed by atoms with Gasteiger partial charge in [-0.15, -0.1) is 0 Å². The number of hydrogen-bond donors (Lipinski definition) is 1. The zero-order valence-corrected chi connectivity index (χ0v) is 11.6. The maximum atomic E-state index is 6.12. The van der Waals surface area contributed by atoms with Gasteiger partial charge in [0.2, 0.25) is 0 Å². The van der Waals surface area contributed by atoms with Gasteiger partial charge in [-0.1, -0.05) is 44.5 Å². The van der Waals surface area contributed by atoms with Crippen molar-refractivity contribution in [3.05, 3.63) is 28.8 Å². The highest BCUT2D eigenvalue weighted by Gasteiger charge is 2.10. The van der Waals surface area contributed by atoms with Crippen LogP contribution in [-0.4, -0.2) is 6.61 Å². The van der Waals surface area contributed by atoms with Crippen LogP contribution >= 0.6 is 11.6 Å². The first kappa shape index (κ1) is 14.3. The lowest BCUT2D eigenvalue weighted by Gasteiger charge is -2.17. The molecule has 1 rings (SSSR count). The van der Waals surface area contributed by atoms with Crippen molar-refractivity contribution >= 4 is 11.6 Å². The van der Waals surface area contributed by atoms with E-state index in [0.29, 0.717) is 30.0 Å². The molecule has 0 fully saturated rings. The number of halogens is 1. The molecule has 3 heteroatoms. The average molecular weight is 256 g/mol. The van der Waals surface area contributed by atoms with E-state index < -0.39 is 0 Å². The summed E-state index contributed by atoms with van der Waals surface area (Å²) < 4.78 is 5.81. The third kappa shape index (κ3) is 4.57. The topological polar surface area (TPSA) is 35.2 Å². The molecule has 0 aliphatic heterocycles. The number of ether oxygens (including phenoxy) is 1. The van der Waals surface area contributed by atoms with Gasteiger partial charge in [-0.05, 0) is 24.3 Å². The molecule has 1 aromatic rings. The van der Waals surface area contributed by atoms with Crippen LogP contribution in [0.1, 0.15) is 32.8 Å². The molecular formula is C14H22ClNO. The van der Waals surface area contributed by atoms with Gasteiger partial charge in [0.25, 0.3) is 0 Å². The Balaban J connectivity index is 2.62. The third-order valence-corrected chi connectivity index (χ3v) is 2.95. The molecule has 0 saturated heterocycles. The minimum Gasteiger partial charge on any atom is -0.491 e. The van der Waals surface area contributed by atoms with Crippen LogP contribution in [0.15, 0.2) is 18.2 Å². The van der Waals surface area contributed by atoms with Crippen molar-refractivity contribution in [2.24, 2.45) is 17.6 Å². The van der Waals surface area contributed by atoms with Crippen LogP contribution in [0.5, 0.6) is 5.75 Å². The predicted octanol–water partition coefficient (Wildman–Crippen LogP) is 3.86. The Kier molecular flexibility index (Phi) is 5.79. The second-order valence-electron chi connectivity index (χ2n) is 4.98. The Morgan fingerprint density at radius 1 is 1.29 bits per heavy atom. The SMILES string of the molecule is CC(C)CC(C)COc1c(Cl)cccc1CN. The molecule has 0 aliphatic carbocycles. The molecule has 0 heterocycles. The lowest BCUT2D eigenvalue weighted by atomic mass is 10.00. The fourth-order valence-electron chi connectivity index (χ4n) is 1.97. The number of para-hydroxylation sites is 1. The van der Waals surface area contributed by atoms with Crippen LogP contribution < -0.4 is 10.5 Å². The second-order valence-corrected chi connectivity index (χ2v) is 5.39. The van der Waals surface area contributed by atoms with Gasteiger partial charge in [-0.25, -0.2) is 0 Å². The van der Waals surface area contributed by atoms with Crippen molar-refractivity contribution < 1.29 is 4.74 Å². The Morgan fingerprint density at radius 3 is 2.59 bits per heavy atom. The fourth-order valence-corrected chi connectivity index (χ4v) is 2.22. The first-order chi connectivity index (χ1) is 8.04. The molecule has 0 aliphatic rings. The van der Waals surface area contributed by atoms with Crippen LogP contribution in [0, 0.1) is 11.8 Å². The van der Waals surface area contributed by atoms with Gasteiger partial charge < -0.3 is 10.5 Å². The Labute approximate surface area is 109 Å². The van der Waals surface area contributed by atoms with Crippen molar-refractivity contribution in [3.8, 4) is 5.75 Å². The normalized spacial score (nSPS) is 12.8. The molecule has 17 heavy (non-hydrogen) atoms. The minimum atomic E-state index is 0.453. The predicted molar refractivity (Wildman–Crippen MR) is 73.5 cm³/mol. The third-order valence-electron chi connectivity index (χ3n) is 2.65. The summed E-state index contributed by atoms with van der Waals surface area (Å²) in [4.78, 5) is 0. The van der Waals surface area contributed by atoms with Crippen LogP contribution in [0.4, 0.5) is 0 Å². The molecule has 0 amide bonds. The van der Waals surface area contributed by atoms with Crippen LogP contribution in [0.3, 0.4) is 0 Å². The first-order valence-corrected chi connectivity index (χ1v) is 6.52. The van der Waals surface area contributed by atoms with E-state index in [2.05, 4.69) is 20.8 Å². The molecule has 0 radical (unpaired) electrons. The number of benzene rings is 1. The van der Waals surface area contributed by atoms with Crippen molar-refractivity contribution in [1.29, 1.82) is 0 Å². The Bertz CT molecular complexity index is 352. The number of nitrogens with two attached hydrogens (primary N) is 1. The maximum absolute atomic E-state index is 6.12. The lowest BCUT2D eigenvalue weighted by molar-refractivity contribution is 0.237. The average Bonchev–Trinajstić information content (AvgIpc) is 2.26. The van der Waals surface area contributed by atoms with Crippen molar-refractivity contribution in [1.82, 2.24) is 0 Å². The standard InChI is InChI=1S/C14H22ClNO/c1-10(2)7-11(3)9-17-14-12(8-16)5-4-6-13(14)15/h4-6,10-11H,7-9,16H2,1-3H3. The lowest BCUT2D eigenvalue weighted by Crippen LogP contribution is -2.12. The van der Waals surface area contributed by atoms with E-state index in [1.54, 1.807) is 0 Å². The van der Waals surface area contributed by atoms with Gasteiger partial charge in [0.05, 0.1) is 11.6 Å². The highest BCUT2D eigenvalue weighted by atomic mass is 35.5. The van der Waals surface area contributed by atoms with Gasteiger partial charge in [0.1, 0.15) is 5.75 Å². The van der Waals surface area contributed by atoms with Crippen molar-refractivity contribution in [2.45, 2.75) is 33.7 Å². The zero-order chi connectivity index (χ0) is 12.8. The smallest absolute Gasteiger partial charge is 0.142 e. The van der Waals surface area contributed by atoms with E-state index in [4.69, 9.17) is 22.1 Å². The van der Waals surface area contributed by atoms with E-state index in [9.17, 15) is 0 Å². The monoisotopic (exact) mass is 255 g/mol. The molecule has 0 saturated carbocycles. The number of hydrogen-bond acceptors (Lipinski definition) is 2. The van der Waals surface area contributed by atoms with Gasteiger partial charge in [0.15, 0.2) is 0 Å². The summed E-state index contributed by atoms with van der Waals surface area (Å²) in [6, 6.07) is 5.69. The fraction of sp³-hybridized carbons (Fsp3) is 0.571. The van der Waals surface area contributed by atoms with Crippen molar-refractivity contribution in [3.63, 3.8) is 0 Å².